The van der Waals surface area contributed by atoms with Crippen molar-refractivity contribution in [3.05, 3.63) is 58.9 Å². The lowest BCUT2D eigenvalue weighted by Gasteiger charge is -2.09. The average molecular weight is 431 g/mol. The normalized spacial score (nSPS) is 10.6. The monoisotopic (exact) mass is 430 g/mol. The van der Waals surface area contributed by atoms with Crippen molar-refractivity contribution in [2.75, 3.05) is 32.1 Å². The van der Waals surface area contributed by atoms with E-state index in [2.05, 4.69) is 20.8 Å². The predicted molar refractivity (Wildman–Crippen MR) is 122 cm³/mol. The number of aromatic nitrogens is 2. The van der Waals surface area contributed by atoms with E-state index in [4.69, 9.17) is 4.74 Å². The number of methoxy groups -OCH3 is 1. The van der Waals surface area contributed by atoms with Gasteiger partial charge in [-0.2, -0.15) is 5.10 Å². The third kappa shape index (κ3) is 6.38. The van der Waals surface area contributed by atoms with Crippen molar-refractivity contribution >= 4 is 34.8 Å². The van der Waals surface area contributed by atoms with Gasteiger partial charge in [-0.25, -0.2) is 5.10 Å². The largest absolute Gasteiger partial charge is 0.383 e. The van der Waals surface area contributed by atoms with E-state index < -0.39 is 0 Å². The minimum atomic E-state index is -0.217. The van der Waals surface area contributed by atoms with Crippen molar-refractivity contribution in [1.82, 2.24) is 15.5 Å². The lowest BCUT2D eigenvalue weighted by molar-refractivity contribution is -0.116. The number of carbonyl (C=O) groups is 1. The molecule has 3 aromatic rings. The number of ether oxygens (including phenoxy) is 1. The number of amides is 1. The summed E-state index contributed by atoms with van der Waals surface area (Å²) >= 11 is 0. The topological polar surface area (TPSA) is 96.1 Å². The minimum absolute atomic E-state index is 0. The van der Waals surface area contributed by atoms with Crippen LogP contribution in [0.25, 0.3) is 22.0 Å². The fraction of sp³-hybridized carbons (Fsp3) is 0.318. The van der Waals surface area contributed by atoms with Crippen LogP contribution in [0, 0.1) is 0 Å². The van der Waals surface area contributed by atoms with Crippen LogP contribution in [0.3, 0.4) is 0 Å². The molecule has 0 atom stereocenters. The summed E-state index contributed by atoms with van der Waals surface area (Å²) in [6.45, 7) is 2.39. The summed E-state index contributed by atoms with van der Waals surface area (Å²) in [6.07, 6.45) is 2.22. The summed E-state index contributed by atoms with van der Waals surface area (Å²) in [5.41, 5.74) is 2.00. The molecule has 1 aromatic heterocycles. The highest BCUT2D eigenvalue weighted by molar-refractivity contribution is 5.95. The van der Waals surface area contributed by atoms with Crippen LogP contribution in [-0.4, -0.2) is 42.9 Å². The van der Waals surface area contributed by atoms with Crippen LogP contribution >= 0.6 is 12.4 Å². The maximum absolute atomic E-state index is 12.2. The van der Waals surface area contributed by atoms with E-state index in [1.165, 1.54) is 0 Å². The number of hydrogen-bond acceptors (Lipinski definition) is 5. The third-order valence-corrected chi connectivity index (χ3v) is 4.61. The van der Waals surface area contributed by atoms with E-state index in [0.29, 0.717) is 29.8 Å². The molecule has 2 aromatic carbocycles. The van der Waals surface area contributed by atoms with Gasteiger partial charge in [-0.1, -0.05) is 30.3 Å². The Morgan fingerprint density at radius 3 is 2.67 bits per heavy atom. The summed E-state index contributed by atoms with van der Waals surface area (Å²) < 4.78 is 4.98. The zero-order chi connectivity index (χ0) is 20.5. The van der Waals surface area contributed by atoms with E-state index in [9.17, 15) is 9.59 Å². The van der Waals surface area contributed by atoms with Gasteiger partial charge in [-0.3, -0.25) is 9.59 Å². The summed E-state index contributed by atoms with van der Waals surface area (Å²) in [5.74, 6) is -0.0154. The van der Waals surface area contributed by atoms with Gasteiger partial charge in [0.2, 0.25) is 5.91 Å². The Kier molecular flexibility index (Phi) is 9.47. The van der Waals surface area contributed by atoms with E-state index in [0.717, 1.165) is 36.9 Å². The Morgan fingerprint density at radius 2 is 1.87 bits per heavy atom. The second-order valence-electron chi connectivity index (χ2n) is 6.78. The summed E-state index contributed by atoms with van der Waals surface area (Å²) in [7, 11) is 1.68. The van der Waals surface area contributed by atoms with Crippen LogP contribution in [0.1, 0.15) is 19.3 Å². The lowest BCUT2D eigenvalue weighted by atomic mass is 10.0. The fourth-order valence-corrected chi connectivity index (χ4v) is 3.14. The minimum Gasteiger partial charge on any atom is -0.383 e. The molecule has 0 aliphatic heterocycles. The van der Waals surface area contributed by atoms with Gasteiger partial charge in [0.1, 0.15) is 0 Å². The van der Waals surface area contributed by atoms with Crippen molar-refractivity contribution < 1.29 is 9.53 Å². The molecule has 0 saturated heterocycles. The molecule has 0 bridgehead atoms. The smallest absolute Gasteiger partial charge is 0.272 e. The number of aromatic amines is 1. The Balaban J connectivity index is 0.00000320. The summed E-state index contributed by atoms with van der Waals surface area (Å²) in [6, 6.07) is 14.8. The Morgan fingerprint density at radius 1 is 1.07 bits per heavy atom. The standard InChI is InChI=1S/C22H26N4O3.ClH/c1-29-14-13-23-12-5-4-11-20(27)24-17-8-6-7-16(15-17)21-18-9-2-3-10-19(18)22(28)26-25-21;/h2-3,6-10,15,23H,4-5,11-14H2,1H3,(H,24,27)(H,26,28);1H. The van der Waals surface area contributed by atoms with E-state index in [1.54, 1.807) is 13.2 Å². The molecule has 1 heterocycles. The molecule has 0 radical (unpaired) electrons. The first-order chi connectivity index (χ1) is 14.2. The van der Waals surface area contributed by atoms with Gasteiger partial charge in [0.25, 0.3) is 5.56 Å². The van der Waals surface area contributed by atoms with Crippen LogP contribution in [0.2, 0.25) is 0 Å². The number of halogens is 1. The molecular formula is C22H27ClN4O3. The van der Waals surface area contributed by atoms with Crippen molar-refractivity contribution in [3.63, 3.8) is 0 Å². The Labute approximate surface area is 181 Å². The molecule has 3 N–H and O–H groups in total. The van der Waals surface area contributed by atoms with Crippen molar-refractivity contribution in [1.29, 1.82) is 0 Å². The maximum Gasteiger partial charge on any atom is 0.272 e. The number of nitrogens with zero attached hydrogens (tertiary/aromatic N) is 1. The van der Waals surface area contributed by atoms with Gasteiger partial charge in [-0.05, 0) is 37.6 Å². The summed E-state index contributed by atoms with van der Waals surface area (Å²) in [4.78, 5) is 24.2. The molecule has 1 amide bonds. The van der Waals surface area contributed by atoms with E-state index in [-0.39, 0.29) is 23.9 Å². The highest BCUT2D eigenvalue weighted by Crippen LogP contribution is 2.26. The number of hydrogen-bond donors (Lipinski definition) is 3. The zero-order valence-corrected chi connectivity index (χ0v) is 17.8. The molecule has 0 aliphatic carbocycles. The number of benzene rings is 2. The molecule has 0 aliphatic rings. The second-order valence-corrected chi connectivity index (χ2v) is 6.78. The molecule has 7 nitrogen and oxygen atoms in total. The van der Waals surface area contributed by atoms with Gasteiger partial charge in [0.15, 0.2) is 0 Å². The number of carbonyl (C=O) groups excluding carboxylic acids is 1. The molecule has 30 heavy (non-hydrogen) atoms. The van der Waals surface area contributed by atoms with Crippen LogP contribution in [-0.2, 0) is 9.53 Å². The summed E-state index contributed by atoms with van der Waals surface area (Å²) in [5, 5.41) is 14.3. The number of unbranched alkanes of at least 4 members (excludes halogenated alkanes) is 1. The average Bonchev–Trinajstić information content (AvgIpc) is 2.74. The quantitative estimate of drug-likeness (QED) is 0.428. The number of H-pyrrole nitrogens is 1. The lowest BCUT2D eigenvalue weighted by Crippen LogP contribution is -2.20. The predicted octanol–water partition coefficient (Wildman–Crippen LogP) is 3.36. The number of rotatable bonds is 10. The van der Waals surface area contributed by atoms with Crippen LogP contribution in [0.15, 0.2) is 53.3 Å². The second kappa shape index (κ2) is 12.1. The van der Waals surface area contributed by atoms with Crippen LogP contribution in [0.4, 0.5) is 5.69 Å². The Hall–Kier alpha value is -2.74. The fourth-order valence-electron chi connectivity index (χ4n) is 3.14. The van der Waals surface area contributed by atoms with Gasteiger partial charge in [0, 0.05) is 36.7 Å². The first-order valence-corrected chi connectivity index (χ1v) is 9.76. The maximum atomic E-state index is 12.2. The molecule has 0 saturated carbocycles. The molecular weight excluding hydrogens is 404 g/mol. The van der Waals surface area contributed by atoms with Crippen molar-refractivity contribution in [2.45, 2.75) is 19.3 Å². The highest BCUT2D eigenvalue weighted by atomic mass is 35.5. The molecule has 0 unspecified atom stereocenters. The highest BCUT2D eigenvalue weighted by Gasteiger charge is 2.10. The third-order valence-electron chi connectivity index (χ3n) is 4.61. The van der Waals surface area contributed by atoms with E-state index in [1.807, 2.05) is 42.5 Å². The van der Waals surface area contributed by atoms with Crippen LogP contribution < -0.4 is 16.2 Å². The van der Waals surface area contributed by atoms with Crippen LogP contribution in [0.5, 0.6) is 0 Å². The number of anilines is 1. The van der Waals surface area contributed by atoms with Gasteiger partial charge in [-0.15, -0.1) is 12.4 Å². The van der Waals surface area contributed by atoms with Gasteiger partial charge in [0.05, 0.1) is 17.7 Å². The molecule has 8 heteroatoms. The number of nitrogens with one attached hydrogen (secondary N) is 3. The first-order valence-electron chi connectivity index (χ1n) is 9.76. The molecule has 160 valence electrons. The Bertz CT molecular complexity index is 1020. The SMILES string of the molecule is COCCNCCCCC(=O)Nc1cccc(-c2n[nH]c(=O)c3ccccc23)c1.Cl. The van der Waals surface area contributed by atoms with Crippen molar-refractivity contribution in [2.24, 2.45) is 0 Å². The molecule has 0 spiro atoms. The molecule has 0 fully saturated rings. The van der Waals surface area contributed by atoms with E-state index >= 15 is 0 Å². The molecule has 3 rings (SSSR count). The van der Waals surface area contributed by atoms with Gasteiger partial charge < -0.3 is 15.4 Å². The van der Waals surface area contributed by atoms with Gasteiger partial charge >= 0.3 is 0 Å². The first kappa shape index (κ1) is 23.5. The number of fused-ring (bicyclic) bond motifs is 1. The van der Waals surface area contributed by atoms with Crippen molar-refractivity contribution in [3.8, 4) is 11.3 Å². The zero-order valence-electron chi connectivity index (χ0n) is 16.9.